The summed E-state index contributed by atoms with van der Waals surface area (Å²) in [5.41, 5.74) is 1.20. The van der Waals surface area contributed by atoms with Crippen LogP contribution in [0.4, 0.5) is 0 Å². The van der Waals surface area contributed by atoms with Gasteiger partial charge < -0.3 is 14.8 Å². The molecular weight excluding hydrogens is 342 g/mol. The van der Waals surface area contributed by atoms with Crippen molar-refractivity contribution in [2.75, 3.05) is 26.2 Å². The third-order valence-electron chi connectivity index (χ3n) is 5.50. The molecule has 0 radical (unpaired) electrons. The predicted molar refractivity (Wildman–Crippen MR) is 106 cm³/mol. The number of aromatic nitrogens is 3. The third kappa shape index (κ3) is 3.12. The van der Waals surface area contributed by atoms with Gasteiger partial charge in [-0.1, -0.05) is 18.2 Å². The number of fused-ring (bicyclic) bond motifs is 3. The molecule has 1 aromatic carbocycles. The van der Waals surface area contributed by atoms with Crippen LogP contribution >= 0.6 is 0 Å². The number of benzene rings is 1. The second kappa shape index (κ2) is 7.15. The standard InChI is InChI=1S/C20H25N5O2/c1-14(19(26)21-9-12-24-10-5-6-11-24)25-17-8-4-3-7-15(17)16-13-22-23(2)20(27)18(16)25/h3-4,7-8,13-14H,5-6,9-12H2,1-2H3,(H,21,26)/t14-/m0/s1. The fraction of sp³-hybridized carbons (Fsp3) is 0.450. The number of aryl methyl sites for hydroxylation is 1. The molecule has 142 valence electrons. The number of nitrogens with zero attached hydrogens (tertiary/aromatic N) is 4. The molecule has 1 N–H and O–H groups in total. The SMILES string of the molecule is C[C@@H](C(=O)NCCN1CCCC1)n1c2ccccc2c2cnn(C)c(=O)c21. The van der Waals surface area contributed by atoms with E-state index >= 15 is 0 Å². The molecule has 1 fully saturated rings. The minimum absolute atomic E-state index is 0.0734. The van der Waals surface area contributed by atoms with E-state index < -0.39 is 6.04 Å². The van der Waals surface area contributed by atoms with Crippen molar-refractivity contribution in [3.63, 3.8) is 0 Å². The molecule has 0 bridgehead atoms. The lowest BCUT2D eigenvalue weighted by Gasteiger charge is -2.19. The van der Waals surface area contributed by atoms with Crippen LogP contribution in [0.15, 0.2) is 35.3 Å². The lowest BCUT2D eigenvalue weighted by atomic mass is 10.2. The fourth-order valence-electron chi connectivity index (χ4n) is 4.00. The van der Waals surface area contributed by atoms with E-state index in [-0.39, 0.29) is 11.5 Å². The molecule has 4 rings (SSSR count). The van der Waals surface area contributed by atoms with Crippen molar-refractivity contribution in [1.29, 1.82) is 0 Å². The quantitative estimate of drug-likeness (QED) is 0.744. The number of rotatable bonds is 5. The van der Waals surface area contributed by atoms with Gasteiger partial charge in [-0.2, -0.15) is 5.10 Å². The van der Waals surface area contributed by atoms with E-state index in [0.29, 0.717) is 12.1 Å². The molecule has 0 unspecified atom stereocenters. The summed E-state index contributed by atoms with van der Waals surface area (Å²) in [7, 11) is 1.63. The third-order valence-corrected chi connectivity index (χ3v) is 5.50. The maximum atomic E-state index is 12.8. The van der Waals surface area contributed by atoms with E-state index in [1.807, 2.05) is 35.8 Å². The van der Waals surface area contributed by atoms with E-state index in [0.717, 1.165) is 35.9 Å². The van der Waals surface area contributed by atoms with Gasteiger partial charge in [0, 0.05) is 30.9 Å². The molecule has 0 spiro atoms. The van der Waals surface area contributed by atoms with Gasteiger partial charge in [0.2, 0.25) is 5.91 Å². The van der Waals surface area contributed by atoms with Crippen LogP contribution in [-0.4, -0.2) is 51.3 Å². The minimum Gasteiger partial charge on any atom is -0.353 e. The molecule has 7 nitrogen and oxygen atoms in total. The van der Waals surface area contributed by atoms with E-state index in [1.54, 1.807) is 13.2 Å². The van der Waals surface area contributed by atoms with Crippen LogP contribution in [-0.2, 0) is 11.8 Å². The van der Waals surface area contributed by atoms with Crippen LogP contribution in [0.25, 0.3) is 21.8 Å². The average Bonchev–Trinajstić information content (AvgIpc) is 3.30. The van der Waals surface area contributed by atoms with E-state index in [2.05, 4.69) is 15.3 Å². The van der Waals surface area contributed by atoms with Gasteiger partial charge in [0.1, 0.15) is 11.6 Å². The van der Waals surface area contributed by atoms with Crippen molar-refractivity contribution in [2.45, 2.75) is 25.8 Å². The summed E-state index contributed by atoms with van der Waals surface area (Å²) in [6, 6.07) is 7.29. The zero-order valence-electron chi connectivity index (χ0n) is 15.8. The van der Waals surface area contributed by atoms with Gasteiger partial charge in [0.25, 0.3) is 5.56 Å². The van der Waals surface area contributed by atoms with Gasteiger partial charge in [-0.05, 0) is 38.9 Å². The van der Waals surface area contributed by atoms with Crippen molar-refractivity contribution in [3.05, 3.63) is 40.8 Å². The number of hydrogen-bond donors (Lipinski definition) is 1. The highest BCUT2D eigenvalue weighted by Gasteiger charge is 2.23. The van der Waals surface area contributed by atoms with Crippen molar-refractivity contribution in [1.82, 2.24) is 24.6 Å². The number of para-hydroxylation sites is 1. The summed E-state index contributed by atoms with van der Waals surface area (Å²) < 4.78 is 3.16. The molecule has 1 amide bonds. The summed E-state index contributed by atoms with van der Waals surface area (Å²) in [6.45, 7) is 5.57. The Kier molecular flexibility index (Phi) is 4.70. The summed E-state index contributed by atoms with van der Waals surface area (Å²) in [6.07, 6.45) is 4.18. The Bertz CT molecular complexity index is 1050. The van der Waals surface area contributed by atoms with E-state index in [4.69, 9.17) is 0 Å². The van der Waals surface area contributed by atoms with Crippen molar-refractivity contribution in [3.8, 4) is 0 Å². The average molecular weight is 367 g/mol. The number of likely N-dealkylation sites (tertiary alicyclic amines) is 1. The summed E-state index contributed by atoms with van der Waals surface area (Å²) >= 11 is 0. The van der Waals surface area contributed by atoms with Crippen LogP contribution in [0.2, 0.25) is 0 Å². The van der Waals surface area contributed by atoms with Crippen LogP contribution < -0.4 is 10.9 Å². The van der Waals surface area contributed by atoms with Gasteiger partial charge in [0.05, 0.1) is 11.7 Å². The van der Waals surface area contributed by atoms with Gasteiger partial charge in [-0.15, -0.1) is 0 Å². The molecule has 3 aromatic rings. The lowest BCUT2D eigenvalue weighted by molar-refractivity contribution is -0.123. The molecule has 1 aliphatic heterocycles. The van der Waals surface area contributed by atoms with Crippen molar-refractivity contribution >= 4 is 27.7 Å². The molecule has 1 aliphatic rings. The molecule has 7 heteroatoms. The van der Waals surface area contributed by atoms with E-state index in [9.17, 15) is 9.59 Å². The molecule has 1 atom stereocenters. The maximum Gasteiger partial charge on any atom is 0.291 e. The Morgan fingerprint density at radius 1 is 1.22 bits per heavy atom. The minimum atomic E-state index is -0.485. The van der Waals surface area contributed by atoms with E-state index in [1.165, 1.54) is 17.5 Å². The smallest absolute Gasteiger partial charge is 0.291 e. The zero-order valence-corrected chi connectivity index (χ0v) is 15.8. The first-order chi connectivity index (χ1) is 13.1. The topological polar surface area (TPSA) is 72.2 Å². The Morgan fingerprint density at radius 2 is 1.96 bits per heavy atom. The first-order valence-corrected chi connectivity index (χ1v) is 9.53. The van der Waals surface area contributed by atoms with Crippen LogP contribution in [0.1, 0.15) is 25.8 Å². The molecule has 0 aliphatic carbocycles. The first-order valence-electron chi connectivity index (χ1n) is 9.53. The first kappa shape index (κ1) is 17.7. The molecule has 0 saturated carbocycles. The number of carbonyl (C=O) groups excluding carboxylic acids is 1. The second-order valence-electron chi connectivity index (χ2n) is 7.24. The molecule has 27 heavy (non-hydrogen) atoms. The Hall–Kier alpha value is -2.67. The second-order valence-corrected chi connectivity index (χ2v) is 7.24. The number of carbonyl (C=O) groups is 1. The highest BCUT2D eigenvalue weighted by Crippen LogP contribution is 2.29. The summed E-state index contributed by atoms with van der Waals surface area (Å²) in [5, 5.41) is 8.91. The van der Waals surface area contributed by atoms with Crippen LogP contribution in [0, 0.1) is 0 Å². The predicted octanol–water partition coefficient (Wildman–Crippen LogP) is 1.66. The normalized spacial score (nSPS) is 16.2. The van der Waals surface area contributed by atoms with Gasteiger partial charge in [0.15, 0.2) is 0 Å². The number of hydrogen-bond acceptors (Lipinski definition) is 4. The van der Waals surface area contributed by atoms with Crippen molar-refractivity contribution in [2.24, 2.45) is 7.05 Å². The Morgan fingerprint density at radius 3 is 2.74 bits per heavy atom. The van der Waals surface area contributed by atoms with Gasteiger partial charge in [-0.25, -0.2) is 4.68 Å². The molecular formula is C20H25N5O2. The van der Waals surface area contributed by atoms with Gasteiger partial charge >= 0.3 is 0 Å². The van der Waals surface area contributed by atoms with Gasteiger partial charge in [-0.3, -0.25) is 9.59 Å². The number of amides is 1. The van der Waals surface area contributed by atoms with Crippen LogP contribution in [0.3, 0.4) is 0 Å². The lowest BCUT2D eigenvalue weighted by Crippen LogP contribution is -2.37. The molecule has 2 aromatic heterocycles. The largest absolute Gasteiger partial charge is 0.353 e. The number of nitrogens with one attached hydrogen (secondary N) is 1. The Balaban J connectivity index is 1.67. The summed E-state index contributed by atoms with van der Waals surface area (Å²) in [4.78, 5) is 28.0. The maximum absolute atomic E-state index is 12.8. The fourth-order valence-corrected chi connectivity index (χ4v) is 4.00. The zero-order chi connectivity index (χ0) is 19.0. The highest BCUT2D eigenvalue weighted by molar-refractivity contribution is 6.08. The monoisotopic (exact) mass is 367 g/mol. The van der Waals surface area contributed by atoms with Crippen LogP contribution in [0.5, 0.6) is 0 Å². The molecule has 1 saturated heterocycles. The highest BCUT2D eigenvalue weighted by atomic mass is 16.2. The summed E-state index contributed by atoms with van der Waals surface area (Å²) in [5.74, 6) is -0.0734. The Labute approximate surface area is 157 Å². The molecule has 3 heterocycles. The van der Waals surface area contributed by atoms with Crippen molar-refractivity contribution < 1.29 is 4.79 Å².